The van der Waals surface area contributed by atoms with Gasteiger partial charge in [0.05, 0.1) is 6.20 Å². The molecule has 0 aliphatic carbocycles. The number of hydrogen-bond acceptors (Lipinski definition) is 3. The van der Waals surface area contributed by atoms with Crippen LogP contribution in [0.3, 0.4) is 0 Å². The van der Waals surface area contributed by atoms with Gasteiger partial charge in [0, 0.05) is 13.0 Å². The number of halogens is 1. The lowest BCUT2D eigenvalue weighted by Crippen LogP contribution is -2.27. The molecule has 0 aromatic carbocycles. The number of fused-ring (bicyclic) bond motifs is 1. The molecular weight excluding hydrogens is 194 g/mol. The van der Waals surface area contributed by atoms with E-state index < -0.39 is 5.97 Å². The van der Waals surface area contributed by atoms with Crippen molar-refractivity contribution in [2.75, 3.05) is 12.0 Å². The van der Waals surface area contributed by atoms with Crippen LogP contribution in [0.5, 0.6) is 0 Å². The lowest BCUT2D eigenvalue weighted by molar-refractivity contribution is 0.0686. The second-order valence-electron chi connectivity index (χ2n) is 2.71. The van der Waals surface area contributed by atoms with Gasteiger partial charge in [0.1, 0.15) is 5.82 Å². The predicted molar refractivity (Wildman–Crippen MR) is 49.0 cm³/mol. The number of aromatic nitrogens is 2. The highest BCUT2D eigenvalue weighted by atomic mass is 35.5. The first-order valence-electron chi connectivity index (χ1n) is 3.83. The minimum Gasteiger partial charge on any atom is -0.476 e. The van der Waals surface area contributed by atoms with Crippen LogP contribution in [0.25, 0.3) is 0 Å². The molecule has 0 atom stereocenters. The lowest BCUT2D eigenvalue weighted by Gasteiger charge is -2.16. The van der Waals surface area contributed by atoms with Crippen molar-refractivity contribution in [2.24, 2.45) is 0 Å². The maximum Gasteiger partial charge on any atom is 0.356 e. The summed E-state index contributed by atoms with van der Waals surface area (Å²) in [5.41, 5.74) is 3.18. The van der Waals surface area contributed by atoms with Crippen molar-refractivity contribution in [3.63, 3.8) is 0 Å². The van der Waals surface area contributed by atoms with E-state index in [0.717, 1.165) is 25.2 Å². The van der Waals surface area contributed by atoms with Gasteiger partial charge in [0.25, 0.3) is 0 Å². The maximum atomic E-state index is 10.6. The van der Waals surface area contributed by atoms with Crippen molar-refractivity contribution in [1.29, 1.82) is 0 Å². The Kier molecular flexibility index (Phi) is 2.77. The van der Waals surface area contributed by atoms with Crippen molar-refractivity contribution in [3.8, 4) is 0 Å². The molecule has 2 rings (SSSR count). The molecule has 1 aromatic heterocycles. The van der Waals surface area contributed by atoms with Gasteiger partial charge < -0.3 is 10.5 Å². The zero-order chi connectivity index (χ0) is 8.55. The molecule has 0 bridgehead atoms. The third kappa shape index (κ3) is 1.60. The molecule has 0 radical (unpaired) electrons. The van der Waals surface area contributed by atoms with Crippen molar-refractivity contribution in [1.82, 2.24) is 9.66 Å². The highest BCUT2D eigenvalue weighted by Crippen LogP contribution is 2.09. The normalized spacial score (nSPS) is 13.8. The fraction of sp³-hybridized carbons (Fsp3) is 0.429. The summed E-state index contributed by atoms with van der Waals surface area (Å²) < 4.78 is 1.55. The molecule has 2 N–H and O–H groups in total. The Morgan fingerprint density at radius 1 is 1.69 bits per heavy atom. The second kappa shape index (κ2) is 3.66. The van der Waals surface area contributed by atoms with E-state index in [0.29, 0.717) is 0 Å². The van der Waals surface area contributed by atoms with Gasteiger partial charge in [-0.3, -0.25) is 0 Å². The third-order valence-corrected chi connectivity index (χ3v) is 1.90. The molecule has 0 saturated carbocycles. The molecule has 72 valence electrons. The Labute approximate surface area is 81.2 Å². The van der Waals surface area contributed by atoms with Crippen LogP contribution in [-0.2, 0) is 6.42 Å². The summed E-state index contributed by atoms with van der Waals surface area (Å²) in [7, 11) is 0. The zero-order valence-electron chi connectivity index (χ0n) is 6.86. The number of carboxylic acid groups (broad SMARTS) is 1. The number of nitrogens with one attached hydrogen (secondary N) is 1. The third-order valence-electron chi connectivity index (χ3n) is 1.90. The van der Waals surface area contributed by atoms with Crippen LogP contribution in [0.1, 0.15) is 22.7 Å². The fourth-order valence-corrected chi connectivity index (χ4v) is 1.33. The molecule has 0 amide bonds. The summed E-state index contributed by atoms with van der Waals surface area (Å²) in [4.78, 5) is 14.6. The SMILES string of the molecule is Cl.O=C(O)c1cnc2n1NCCC2. The van der Waals surface area contributed by atoms with Gasteiger partial charge in [-0.25, -0.2) is 14.5 Å². The van der Waals surface area contributed by atoms with Gasteiger partial charge in [0.2, 0.25) is 0 Å². The van der Waals surface area contributed by atoms with E-state index in [1.54, 1.807) is 4.68 Å². The highest BCUT2D eigenvalue weighted by Gasteiger charge is 2.17. The van der Waals surface area contributed by atoms with Crippen LogP contribution < -0.4 is 5.43 Å². The quantitative estimate of drug-likeness (QED) is 0.697. The Morgan fingerprint density at radius 2 is 2.46 bits per heavy atom. The lowest BCUT2D eigenvalue weighted by atomic mass is 10.3. The summed E-state index contributed by atoms with van der Waals surface area (Å²) in [5.74, 6) is -0.137. The summed E-state index contributed by atoms with van der Waals surface area (Å²) in [6.07, 6.45) is 3.24. The molecule has 2 heterocycles. The first-order chi connectivity index (χ1) is 5.79. The number of aryl methyl sites for hydroxylation is 1. The van der Waals surface area contributed by atoms with Crippen molar-refractivity contribution < 1.29 is 9.90 Å². The van der Waals surface area contributed by atoms with Gasteiger partial charge >= 0.3 is 5.97 Å². The molecule has 1 aliphatic rings. The molecule has 1 aromatic rings. The second-order valence-corrected chi connectivity index (χ2v) is 2.71. The van der Waals surface area contributed by atoms with Gasteiger partial charge in [-0.15, -0.1) is 12.4 Å². The highest BCUT2D eigenvalue weighted by molar-refractivity contribution is 5.85. The number of carbonyl (C=O) groups is 1. The Morgan fingerprint density at radius 3 is 3.15 bits per heavy atom. The maximum absolute atomic E-state index is 10.6. The standard InChI is InChI=1S/C7H9N3O2.ClH/c11-7(12)5-4-8-6-2-1-3-9-10(5)6;/h4,9H,1-3H2,(H,11,12);1H. The number of aromatic carboxylic acids is 1. The average molecular weight is 204 g/mol. The Hall–Kier alpha value is -1.23. The van der Waals surface area contributed by atoms with E-state index in [1.807, 2.05) is 0 Å². The Bertz CT molecular complexity index is 324. The van der Waals surface area contributed by atoms with E-state index in [-0.39, 0.29) is 18.1 Å². The molecule has 0 fully saturated rings. The summed E-state index contributed by atoms with van der Waals surface area (Å²) in [5, 5.41) is 8.73. The monoisotopic (exact) mass is 203 g/mol. The van der Waals surface area contributed by atoms with E-state index in [1.165, 1.54) is 6.20 Å². The first kappa shape index (κ1) is 9.85. The molecule has 0 saturated heterocycles. The summed E-state index contributed by atoms with van der Waals surface area (Å²) >= 11 is 0. The molecule has 13 heavy (non-hydrogen) atoms. The smallest absolute Gasteiger partial charge is 0.356 e. The topological polar surface area (TPSA) is 67.1 Å². The van der Waals surface area contributed by atoms with Crippen LogP contribution in [0.2, 0.25) is 0 Å². The number of nitrogens with zero attached hydrogens (tertiary/aromatic N) is 2. The van der Waals surface area contributed by atoms with Gasteiger partial charge in [-0.1, -0.05) is 0 Å². The summed E-state index contributed by atoms with van der Waals surface area (Å²) in [6.45, 7) is 0.809. The van der Waals surface area contributed by atoms with Crippen LogP contribution in [0.15, 0.2) is 6.20 Å². The molecule has 5 nitrogen and oxygen atoms in total. The van der Waals surface area contributed by atoms with Crippen LogP contribution >= 0.6 is 12.4 Å². The molecule has 0 unspecified atom stereocenters. The van der Waals surface area contributed by atoms with Crippen molar-refractivity contribution in [2.45, 2.75) is 12.8 Å². The number of imidazole rings is 1. The fourth-order valence-electron chi connectivity index (χ4n) is 1.33. The predicted octanol–water partition coefficient (Wildman–Crippen LogP) is 0.493. The minimum absolute atomic E-state index is 0. The van der Waals surface area contributed by atoms with E-state index >= 15 is 0 Å². The molecular formula is C7H10ClN3O2. The molecule has 1 aliphatic heterocycles. The number of carboxylic acids is 1. The Balaban J connectivity index is 0.000000845. The number of hydrogen-bond donors (Lipinski definition) is 2. The van der Waals surface area contributed by atoms with Crippen molar-refractivity contribution >= 4 is 18.4 Å². The first-order valence-corrected chi connectivity index (χ1v) is 3.83. The van der Waals surface area contributed by atoms with E-state index in [4.69, 9.17) is 5.11 Å². The van der Waals surface area contributed by atoms with Crippen LogP contribution in [0.4, 0.5) is 0 Å². The van der Waals surface area contributed by atoms with Gasteiger partial charge in [-0.2, -0.15) is 0 Å². The molecule has 0 spiro atoms. The largest absolute Gasteiger partial charge is 0.476 e. The average Bonchev–Trinajstić information content (AvgIpc) is 2.47. The summed E-state index contributed by atoms with van der Waals surface area (Å²) in [6, 6.07) is 0. The number of rotatable bonds is 1. The zero-order valence-corrected chi connectivity index (χ0v) is 7.67. The molecule has 6 heteroatoms. The van der Waals surface area contributed by atoms with E-state index in [9.17, 15) is 4.79 Å². The van der Waals surface area contributed by atoms with Crippen LogP contribution in [-0.4, -0.2) is 27.3 Å². The van der Waals surface area contributed by atoms with Crippen LogP contribution in [0, 0.1) is 0 Å². The minimum atomic E-state index is -0.942. The van der Waals surface area contributed by atoms with Gasteiger partial charge in [0.15, 0.2) is 5.69 Å². The van der Waals surface area contributed by atoms with Gasteiger partial charge in [-0.05, 0) is 6.42 Å². The van der Waals surface area contributed by atoms with E-state index in [2.05, 4.69) is 10.4 Å². The van der Waals surface area contributed by atoms with Crippen molar-refractivity contribution in [3.05, 3.63) is 17.7 Å².